The number of benzene rings is 2. The Morgan fingerprint density at radius 1 is 1.33 bits per heavy atom. The molecule has 0 saturated heterocycles. The molecule has 1 N–H and O–H groups in total. The molecule has 0 bridgehead atoms. The van der Waals surface area contributed by atoms with Crippen molar-refractivity contribution in [3.05, 3.63) is 52.0 Å². The van der Waals surface area contributed by atoms with Crippen molar-refractivity contribution in [3.63, 3.8) is 0 Å². The first-order chi connectivity index (χ1) is 10.1. The molecule has 1 aromatic heterocycles. The topological polar surface area (TPSA) is 29.9 Å². The van der Waals surface area contributed by atoms with Crippen molar-refractivity contribution in [1.29, 1.82) is 0 Å². The van der Waals surface area contributed by atoms with Gasteiger partial charge in [0.25, 0.3) is 0 Å². The number of para-hydroxylation sites is 1. The molecule has 2 aromatic carbocycles. The fourth-order valence-electron chi connectivity index (χ4n) is 2.28. The van der Waals surface area contributed by atoms with Crippen LogP contribution in [0.1, 0.15) is 6.92 Å². The molecule has 3 rings (SSSR count). The third-order valence-corrected chi connectivity index (χ3v) is 3.65. The van der Waals surface area contributed by atoms with Gasteiger partial charge in [-0.3, -0.25) is 4.57 Å². The SMILES string of the molecule is CCOc1cccc2c1[nH]c(=S)n2-c1cc(Cl)ccc1F. The number of nitrogens with zero attached hydrogens (tertiary/aromatic N) is 1. The molecular weight excluding hydrogens is 311 g/mol. The Labute approximate surface area is 130 Å². The zero-order valence-electron chi connectivity index (χ0n) is 11.2. The second-order valence-corrected chi connectivity index (χ2v) is 5.27. The van der Waals surface area contributed by atoms with Crippen LogP contribution in [0.2, 0.25) is 5.02 Å². The van der Waals surface area contributed by atoms with Crippen molar-refractivity contribution in [2.75, 3.05) is 6.61 Å². The van der Waals surface area contributed by atoms with Crippen LogP contribution in [0.5, 0.6) is 5.75 Å². The summed E-state index contributed by atoms with van der Waals surface area (Å²) in [7, 11) is 0. The van der Waals surface area contributed by atoms with Gasteiger partial charge in [-0.15, -0.1) is 0 Å². The second-order valence-electron chi connectivity index (χ2n) is 4.44. The summed E-state index contributed by atoms with van der Waals surface area (Å²) >= 11 is 11.3. The average Bonchev–Trinajstić information content (AvgIpc) is 2.79. The monoisotopic (exact) mass is 322 g/mol. The van der Waals surface area contributed by atoms with E-state index in [1.54, 1.807) is 10.6 Å². The highest BCUT2D eigenvalue weighted by Crippen LogP contribution is 2.29. The summed E-state index contributed by atoms with van der Waals surface area (Å²) in [5.41, 5.74) is 1.79. The van der Waals surface area contributed by atoms with Crippen LogP contribution in [0.25, 0.3) is 16.7 Å². The molecular formula is C15H12ClFN2OS. The van der Waals surface area contributed by atoms with Gasteiger partial charge < -0.3 is 9.72 Å². The molecule has 1 heterocycles. The summed E-state index contributed by atoms with van der Waals surface area (Å²) in [6.45, 7) is 2.44. The molecule has 0 amide bonds. The minimum Gasteiger partial charge on any atom is -0.492 e. The lowest BCUT2D eigenvalue weighted by molar-refractivity contribution is 0.343. The molecule has 0 aliphatic rings. The van der Waals surface area contributed by atoms with E-state index in [1.165, 1.54) is 12.1 Å². The van der Waals surface area contributed by atoms with E-state index in [0.29, 0.717) is 27.8 Å². The van der Waals surface area contributed by atoms with Gasteiger partial charge in [0.2, 0.25) is 0 Å². The van der Waals surface area contributed by atoms with Gasteiger partial charge in [-0.05, 0) is 49.5 Å². The van der Waals surface area contributed by atoms with Crippen LogP contribution in [-0.2, 0) is 0 Å². The van der Waals surface area contributed by atoms with Crippen LogP contribution in [0.4, 0.5) is 4.39 Å². The summed E-state index contributed by atoms with van der Waals surface area (Å²) < 4.78 is 21.7. The van der Waals surface area contributed by atoms with Crippen LogP contribution in [-0.4, -0.2) is 16.2 Å². The number of halogens is 2. The predicted octanol–water partition coefficient (Wildman–Crippen LogP) is 4.88. The van der Waals surface area contributed by atoms with Crippen LogP contribution < -0.4 is 4.74 Å². The van der Waals surface area contributed by atoms with Crippen molar-refractivity contribution in [2.45, 2.75) is 6.92 Å². The Bertz CT molecular complexity index is 872. The molecule has 3 aromatic rings. The molecule has 0 aliphatic heterocycles. The molecule has 6 heteroatoms. The smallest absolute Gasteiger partial charge is 0.182 e. The number of imidazole rings is 1. The summed E-state index contributed by atoms with van der Waals surface area (Å²) in [6, 6.07) is 9.91. The summed E-state index contributed by atoms with van der Waals surface area (Å²) in [6.07, 6.45) is 0. The Balaban J connectivity index is 2.33. The lowest BCUT2D eigenvalue weighted by Crippen LogP contribution is -1.98. The zero-order valence-corrected chi connectivity index (χ0v) is 12.8. The van der Waals surface area contributed by atoms with E-state index in [9.17, 15) is 4.39 Å². The summed E-state index contributed by atoms with van der Waals surface area (Å²) in [4.78, 5) is 3.07. The largest absolute Gasteiger partial charge is 0.492 e. The quantitative estimate of drug-likeness (QED) is 0.696. The molecule has 0 fully saturated rings. The van der Waals surface area contributed by atoms with Crippen molar-refractivity contribution in [1.82, 2.24) is 9.55 Å². The van der Waals surface area contributed by atoms with Gasteiger partial charge in [0, 0.05) is 5.02 Å². The number of ether oxygens (including phenoxy) is 1. The van der Waals surface area contributed by atoms with Crippen LogP contribution >= 0.6 is 23.8 Å². The van der Waals surface area contributed by atoms with Crippen molar-refractivity contribution < 1.29 is 9.13 Å². The normalized spacial score (nSPS) is 11.0. The number of nitrogens with one attached hydrogen (secondary N) is 1. The Kier molecular flexibility index (Phi) is 3.69. The third kappa shape index (κ3) is 2.43. The number of hydrogen-bond donors (Lipinski definition) is 1. The van der Waals surface area contributed by atoms with E-state index in [0.717, 1.165) is 11.0 Å². The molecule has 0 radical (unpaired) electrons. The highest BCUT2D eigenvalue weighted by molar-refractivity contribution is 7.71. The number of rotatable bonds is 3. The lowest BCUT2D eigenvalue weighted by atomic mass is 10.2. The Morgan fingerprint density at radius 2 is 2.14 bits per heavy atom. The van der Waals surface area contributed by atoms with Gasteiger partial charge in [-0.2, -0.15) is 0 Å². The first-order valence-corrected chi connectivity index (χ1v) is 7.22. The minimum absolute atomic E-state index is 0.312. The van der Waals surface area contributed by atoms with Gasteiger partial charge in [0.05, 0.1) is 17.8 Å². The highest BCUT2D eigenvalue weighted by Gasteiger charge is 2.13. The van der Waals surface area contributed by atoms with Crippen molar-refractivity contribution >= 4 is 34.9 Å². The predicted molar refractivity (Wildman–Crippen MR) is 84.6 cm³/mol. The zero-order chi connectivity index (χ0) is 15.0. The van der Waals surface area contributed by atoms with E-state index in [-0.39, 0.29) is 0 Å². The number of fused-ring (bicyclic) bond motifs is 1. The summed E-state index contributed by atoms with van der Waals surface area (Å²) in [5, 5.41) is 0.448. The Morgan fingerprint density at radius 3 is 2.90 bits per heavy atom. The van der Waals surface area contributed by atoms with Crippen molar-refractivity contribution in [3.8, 4) is 11.4 Å². The number of aromatic nitrogens is 2. The maximum Gasteiger partial charge on any atom is 0.182 e. The maximum atomic E-state index is 14.1. The van der Waals surface area contributed by atoms with E-state index >= 15 is 0 Å². The Hall–Kier alpha value is -1.85. The molecule has 0 spiro atoms. The van der Waals surface area contributed by atoms with Crippen LogP contribution in [0, 0.1) is 10.6 Å². The van der Waals surface area contributed by atoms with E-state index in [1.807, 2.05) is 25.1 Å². The van der Waals surface area contributed by atoms with Gasteiger partial charge in [0.1, 0.15) is 17.1 Å². The fraction of sp³-hybridized carbons (Fsp3) is 0.133. The van der Waals surface area contributed by atoms with E-state index in [2.05, 4.69) is 4.98 Å². The first-order valence-electron chi connectivity index (χ1n) is 6.43. The number of aromatic amines is 1. The van der Waals surface area contributed by atoms with Gasteiger partial charge in [-0.25, -0.2) is 4.39 Å². The molecule has 21 heavy (non-hydrogen) atoms. The fourth-order valence-corrected chi connectivity index (χ4v) is 2.74. The van der Waals surface area contributed by atoms with Crippen LogP contribution in [0.15, 0.2) is 36.4 Å². The molecule has 0 unspecified atom stereocenters. The lowest BCUT2D eigenvalue weighted by Gasteiger charge is -2.08. The molecule has 0 saturated carbocycles. The van der Waals surface area contributed by atoms with Crippen LogP contribution in [0.3, 0.4) is 0 Å². The number of H-pyrrole nitrogens is 1. The highest BCUT2D eigenvalue weighted by atomic mass is 35.5. The minimum atomic E-state index is -0.391. The standard InChI is InChI=1S/C15H12ClFN2OS/c1-2-20-13-5-3-4-11-14(13)18-15(21)19(11)12-8-9(16)6-7-10(12)17/h3-8H,2H2,1H3,(H,18,21). The third-order valence-electron chi connectivity index (χ3n) is 3.13. The second kappa shape index (κ2) is 5.50. The van der Waals surface area contributed by atoms with Gasteiger partial charge >= 0.3 is 0 Å². The molecule has 0 atom stereocenters. The van der Waals surface area contributed by atoms with E-state index < -0.39 is 5.82 Å². The molecule has 108 valence electrons. The van der Waals surface area contributed by atoms with Gasteiger partial charge in [0.15, 0.2) is 4.77 Å². The first kappa shape index (κ1) is 14.1. The maximum absolute atomic E-state index is 14.1. The number of hydrogen-bond acceptors (Lipinski definition) is 2. The summed E-state index contributed by atoms with van der Waals surface area (Å²) in [5.74, 6) is 0.292. The average molecular weight is 323 g/mol. The molecule has 3 nitrogen and oxygen atoms in total. The van der Waals surface area contributed by atoms with E-state index in [4.69, 9.17) is 28.6 Å². The van der Waals surface area contributed by atoms with Gasteiger partial charge in [-0.1, -0.05) is 17.7 Å². The van der Waals surface area contributed by atoms with Crippen molar-refractivity contribution in [2.24, 2.45) is 0 Å². The molecule has 0 aliphatic carbocycles.